The van der Waals surface area contributed by atoms with Crippen molar-refractivity contribution in [2.24, 2.45) is 0 Å². The van der Waals surface area contributed by atoms with Crippen LogP contribution >= 0.6 is 0 Å². The van der Waals surface area contributed by atoms with Gasteiger partial charge in [0, 0.05) is 23.9 Å². The molecule has 0 saturated carbocycles. The second-order valence-corrected chi connectivity index (χ2v) is 5.82. The maximum absolute atomic E-state index is 12.8. The summed E-state index contributed by atoms with van der Waals surface area (Å²) in [5.41, 5.74) is 1.70. The highest BCUT2D eigenvalue weighted by Crippen LogP contribution is 2.28. The summed E-state index contributed by atoms with van der Waals surface area (Å²) in [7, 11) is 0. The smallest absolute Gasteiger partial charge is 0.291 e. The Labute approximate surface area is 150 Å². The highest BCUT2D eigenvalue weighted by molar-refractivity contribution is 6.05. The zero-order valence-electron chi connectivity index (χ0n) is 14.6. The molecule has 0 unspecified atom stereocenters. The second kappa shape index (κ2) is 7.23. The van der Waals surface area contributed by atoms with Gasteiger partial charge in [-0.25, -0.2) is 4.68 Å². The maximum atomic E-state index is 12.8. The predicted molar refractivity (Wildman–Crippen MR) is 101 cm³/mol. The summed E-state index contributed by atoms with van der Waals surface area (Å²) < 4.78 is 1.32. The van der Waals surface area contributed by atoms with Crippen LogP contribution in [0.3, 0.4) is 0 Å². The molecule has 0 atom stereocenters. The number of aromatic nitrogens is 2. The van der Waals surface area contributed by atoms with Gasteiger partial charge in [-0.15, -0.1) is 0 Å². The van der Waals surface area contributed by atoms with E-state index in [1.807, 2.05) is 37.3 Å². The first-order valence-corrected chi connectivity index (χ1v) is 8.28. The Kier molecular flexibility index (Phi) is 4.84. The molecule has 3 aromatic rings. The Balaban J connectivity index is 2.27. The van der Waals surface area contributed by atoms with Crippen LogP contribution in [0, 0.1) is 0 Å². The fourth-order valence-corrected chi connectivity index (χ4v) is 2.77. The molecule has 3 rings (SSSR count). The van der Waals surface area contributed by atoms with E-state index in [4.69, 9.17) is 0 Å². The van der Waals surface area contributed by atoms with E-state index < -0.39 is 0 Å². The third kappa shape index (κ3) is 3.35. The first-order valence-electron chi connectivity index (χ1n) is 8.28. The second-order valence-electron chi connectivity index (χ2n) is 5.82. The van der Waals surface area contributed by atoms with Crippen LogP contribution < -0.4 is 10.9 Å². The number of hydrogen-bond acceptors (Lipinski definition) is 5. The van der Waals surface area contributed by atoms with Crippen molar-refractivity contribution < 1.29 is 9.90 Å². The molecule has 6 nitrogen and oxygen atoms in total. The molecule has 0 aliphatic heterocycles. The molecule has 0 aliphatic rings. The summed E-state index contributed by atoms with van der Waals surface area (Å²) in [5, 5.41) is 17.1. The number of aromatic hydroxyl groups is 1. The molecule has 0 radical (unpaired) electrons. The van der Waals surface area contributed by atoms with Gasteiger partial charge in [0.2, 0.25) is 0 Å². The van der Waals surface area contributed by atoms with Crippen LogP contribution in [0.1, 0.15) is 24.2 Å². The van der Waals surface area contributed by atoms with Crippen molar-refractivity contribution in [3.8, 4) is 17.0 Å². The van der Waals surface area contributed by atoms with Gasteiger partial charge in [0.15, 0.2) is 5.78 Å². The number of ketones is 1. The third-order valence-corrected chi connectivity index (χ3v) is 3.97. The minimum absolute atomic E-state index is 0.0625. The lowest BCUT2D eigenvalue weighted by molar-refractivity contribution is 0.101. The number of carbonyl (C=O) groups is 1. The van der Waals surface area contributed by atoms with E-state index in [1.165, 1.54) is 23.7 Å². The van der Waals surface area contributed by atoms with E-state index in [0.29, 0.717) is 17.9 Å². The molecule has 0 saturated heterocycles. The molecule has 0 spiro atoms. The van der Waals surface area contributed by atoms with Crippen molar-refractivity contribution in [3.05, 3.63) is 70.5 Å². The average molecular weight is 349 g/mol. The standard InChI is InChI=1S/C20H19N3O3/c1-3-23-20(26)19(21-15-10-7-11-16(25)12-15)17(13(2)24)18(22-23)14-8-5-4-6-9-14/h4-12,21,25H,3H2,1-2H3. The van der Waals surface area contributed by atoms with Gasteiger partial charge in [0.25, 0.3) is 5.56 Å². The summed E-state index contributed by atoms with van der Waals surface area (Å²) >= 11 is 0. The molecular formula is C20H19N3O3. The quantitative estimate of drug-likeness (QED) is 0.688. The molecule has 26 heavy (non-hydrogen) atoms. The summed E-state index contributed by atoms with van der Waals surface area (Å²) in [4.78, 5) is 25.2. The number of Topliss-reactive ketones (excluding diaryl/α,β-unsaturated/α-hetero) is 1. The maximum Gasteiger partial charge on any atom is 0.291 e. The van der Waals surface area contributed by atoms with Crippen LogP contribution in [0.15, 0.2) is 59.4 Å². The highest BCUT2D eigenvalue weighted by atomic mass is 16.3. The van der Waals surface area contributed by atoms with Gasteiger partial charge >= 0.3 is 0 Å². The van der Waals surface area contributed by atoms with Crippen molar-refractivity contribution in [2.45, 2.75) is 20.4 Å². The molecule has 1 heterocycles. The van der Waals surface area contributed by atoms with Crippen LogP contribution in [-0.4, -0.2) is 20.7 Å². The van der Waals surface area contributed by atoms with E-state index in [1.54, 1.807) is 12.1 Å². The van der Waals surface area contributed by atoms with Crippen molar-refractivity contribution in [1.82, 2.24) is 9.78 Å². The number of carbonyl (C=O) groups excluding carboxylic acids is 1. The summed E-state index contributed by atoms with van der Waals surface area (Å²) in [5.74, 6) is -0.202. The average Bonchev–Trinajstić information content (AvgIpc) is 2.63. The largest absolute Gasteiger partial charge is 0.508 e. The Bertz CT molecular complexity index is 1010. The minimum atomic E-state index is -0.388. The monoisotopic (exact) mass is 349 g/mol. The number of anilines is 2. The summed E-state index contributed by atoms with van der Waals surface area (Å²) in [6.07, 6.45) is 0. The lowest BCUT2D eigenvalue weighted by Crippen LogP contribution is -2.28. The minimum Gasteiger partial charge on any atom is -0.508 e. The number of rotatable bonds is 5. The zero-order chi connectivity index (χ0) is 18.7. The first kappa shape index (κ1) is 17.4. The van der Waals surface area contributed by atoms with Crippen molar-refractivity contribution in [2.75, 3.05) is 5.32 Å². The molecule has 132 valence electrons. The Morgan fingerprint density at radius 1 is 1.15 bits per heavy atom. The van der Waals surface area contributed by atoms with Crippen molar-refractivity contribution in [3.63, 3.8) is 0 Å². The fraction of sp³-hybridized carbons (Fsp3) is 0.150. The number of phenolic OH excluding ortho intramolecular Hbond substituents is 1. The normalized spacial score (nSPS) is 10.5. The lowest BCUT2D eigenvalue weighted by Gasteiger charge is -2.16. The van der Waals surface area contributed by atoms with Gasteiger partial charge in [0.05, 0.1) is 5.56 Å². The van der Waals surface area contributed by atoms with E-state index in [2.05, 4.69) is 10.4 Å². The van der Waals surface area contributed by atoms with Crippen LogP contribution in [0.5, 0.6) is 5.75 Å². The number of nitrogens with one attached hydrogen (secondary N) is 1. The van der Waals surface area contributed by atoms with Gasteiger partial charge in [-0.1, -0.05) is 36.4 Å². The number of phenols is 1. The topological polar surface area (TPSA) is 84.2 Å². The van der Waals surface area contributed by atoms with E-state index in [-0.39, 0.29) is 28.3 Å². The molecule has 0 amide bonds. The van der Waals surface area contributed by atoms with Crippen LogP contribution in [0.2, 0.25) is 0 Å². The molecule has 2 N–H and O–H groups in total. The molecular weight excluding hydrogens is 330 g/mol. The number of benzene rings is 2. The molecule has 6 heteroatoms. The number of aryl methyl sites for hydroxylation is 1. The van der Waals surface area contributed by atoms with E-state index >= 15 is 0 Å². The fourth-order valence-electron chi connectivity index (χ4n) is 2.77. The Morgan fingerprint density at radius 3 is 2.50 bits per heavy atom. The van der Waals surface area contributed by atoms with Gasteiger partial charge in [-0.05, 0) is 26.0 Å². The third-order valence-electron chi connectivity index (χ3n) is 3.97. The molecule has 0 aliphatic carbocycles. The van der Waals surface area contributed by atoms with Crippen molar-refractivity contribution >= 4 is 17.2 Å². The van der Waals surface area contributed by atoms with Crippen LogP contribution in [0.25, 0.3) is 11.3 Å². The molecule has 0 bridgehead atoms. The van der Waals surface area contributed by atoms with Crippen molar-refractivity contribution in [1.29, 1.82) is 0 Å². The predicted octanol–water partition coefficient (Wildman–Crippen LogP) is 3.58. The first-order chi connectivity index (χ1) is 12.5. The number of hydrogen-bond donors (Lipinski definition) is 2. The van der Waals surface area contributed by atoms with Crippen LogP contribution in [0.4, 0.5) is 11.4 Å². The SMILES string of the molecule is CCn1nc(-c2ccccc2)c(C(C)=O)c(Nc2cccc(O)c2)c1=O. The van der Waals surface area contributed by atoms with Gasteiger partial charge in [-0.3, -0.25) is 9.59 Å². The summed E-state index contributed by atoms with van der Waals surface area (Å²) in [6.45, 7) is 3.59. The van der Waals surface area contributed by atoms with Gasteiger partial charge in [0.1, 0.15) is 17.1 Å². The van der Waals surface area contributed by atoms with Crippen LogP contribution in [-0.2, 0) is 6.54 Å². The molecule has 2 aromatic carbocycles. The zero-order valence-corrected chi connectivity index (χ0v) is 14.6. The van der Waals surface area contributed by atoms with E-state index in [9.17, 15) is 14.7 Å². The van der Waals surface area contributed by atoms with Gasteiger partial charge in [-0.2, -0.15) is 5.10 Å². The lowest BCUT2D eigenvalue weighted by atomic mass is 10.0. The summed E-state index contributed by atoms with van der Waals surface area (Å²) in [6, 6.07) is 15.7. The Hall–Kier alpha value is -3.41. The van der Waals surface area contributed by atoms with Gasteiger partial charge < -0.3 is 10.4 Å². The highest BCUT2D eigenvalue weighted by Gasteiger charge is 2.21. The Morgan fingerprint density at radius 2 is 1.88 bits per heavy atom. The number of nitrogens with zero attached hydrogens (tertiary/aromatic N) is 2. The molecule has 1 aromatic heterocycles. The molecule has 0 fully saturated rings. The van der Waals surface area contributed by atoms with E-state index in [0.717, 1.165) is 5.56 Å².